The minimum atomic E-state index is 0.549. The standard InChI is InChI=1S/C15H26N4/c1-11-10-17-15(8-14(11)19(2)3)18-13-6-4-12(9-16)5-7-13/h8,10,12-13H,4-7,9,16H2,1-3H3,(H,17,18). The van der Waals surface area contributed by atoms with Crippen molar-refractivity contribution in [1.82, 2.24) is 4.98 Å². The van der Waals surface area contributed by atoms with E-state index in [9.17, 15) is 0 Å². The van der Waals surface area contributed by atoms with Gasteiger partial charge in [-0.05, 0) is 50.6 Å². The lowest BCUT2D eigenvalue weighted by molar-refractivity contribution is 0.344. The molecule has 1 heterocycles. The minimum absolute atomic E-state index is 0.549. The van der Waals surface area contributed by atoms with Crippen LogP contribution < -0.4 is 16.0 Å². The van der Waals surface area contributed by atoms with Crippen molar-refractivity contribution in [2.75, 3.05) is 30.9 Å². The average Bonchev–Trinajstić information content (AvgIpc) is 2.41. The maximum Gasteiger partial charge on any atom is 0.128 e. The van der Waals surface area contributed by atoms with Crippen molar-refractivity contribution in [3.63, 3.8) is 0 Å². The summed E-state index contributed by atoms with van der Waals surface area (Å²) in [6.45, 7) is 2.93. The highest BCUT2D eigenvalue weighted by Crippen LogP contribution is 2.27. The van der Waals surface area contributed by atoms with E-state index >= 15 is 0 Å². The largest absolute Gasteiger partial charge is 0.377 e. The zero-order valence-electron chi connectivity index (χ0n) is 12.3. The quantitative estimate of drug-likeness (QED) is 0.875. The number of aryl methyl sites for hydroxylation is 1. The van der Waals surface area contributed by atoms with Crippen LogP contribution in [-0.2, 0) is 0 Å². The fourth-order valence-corrected chi connectivity index (χ4v) is 2.83. The Balaban J connectivity index is 1.98. The van der Waals surface area contributed by atoms with Gasteiger partial charge in [0.15, 0.2) is 0 Å². The maximum absolute atomic E-state index is 5.73. The molecule has 4 nitrogen and oxygen atoms in total. The summed E-state index contributed by atoms with van der Waals surface area (Å²) >= 11 is 0. The van der Waals surface area contributed by atoms with Gasteiger partial charge in [0.1, 0.15) is 5.82 Å². The topological polar surface area (TPSA) is 54.2 Å². The van der Waals surface area contributed by atoms with E-state index in [0.29, 0.717) is 6.04 Å². The zero-order chi connectivity index (χ0) is 13.8. The summed E-state index contributed by atoms with van der Waals surface area (Å²) in [6, 6.07) is 2.69. The molecule has 0 radical (unpaired) electrons. The second-order valence-electron chi connectivity index (χ2n) is 5.85. The van der Waals surface area contributed by atoms with E-state index in [0.717, 1.165) is 18.3 Å². The molecule has 1 saturated carbocycles. The number of anilines is 2. The van der Waals surface area contributed by atoms with Gasteiger partial charge in [-0.25, -0.2) is 4.98 Å². The summed E-state index contributed by atoms with van der Waals surface area (Å²) in [6.07, 6.45) is 6.83. The van der Waals surface area contributed by atoms with Gasteiger partial charge in [0.05, 0.1) is 0 Å². The molecular weight excluding hydrogens is 236 g/mol. The van der Waals surface area contributed by atoms with Crippen LogP contribution in [0.4, 0.5) is 11.5 Å². The summed E-state index contributed by atoms with van der Waals surface area (Å²) in [5.41, 5.74) is 8.17. The molecule has 19 heavy (non-hydrogen) atoms. The van der Waals surface area contributed by atoms with Crippen LogP contribution in [0.3, 0.4) is 0 Å². The number of pyridine rings is 1. The first-order valence-corrected chi connectivity index (χ1v) is 7.20. The average molecular weight is 262 g/mol. The molecule has 1 aliphatic rings. The number of nitrogens with zero attached hydrogens (tertiary/aromatic N) is 2. The summed E-state index contributed by atoms with van der Waals surface area (Å²) in [4.78, 5) is 6.62. The fraction of sp³-hybridized carbons (Fsp3) is 0.667. The molecule has 1 fully saturated rings. The van der Waals surface area contributed by atoms with Crippen LogP contribution in [-0.4, -0.2) is 31.7 Å². The third kappa shape index (κ3) is 3.60. The van der Waals surface area contributed by atoms with Crippen molar-refractivity contribution in [2.24, 2.45) is 11.7 Å². The second kappa shape index (κ2) is 6.24. The van der Waals surface area contributed by atoms with Gasteiger partial charge < -0.3 is 16.0 Å². The van der Waals surface area contributed by atoms with Crippen molar-refractivity contribution in [1.29, 1.82) is 0 Å². The number of aromatic nitrogens is 1. The normalized spacial score (nSPS) is 23.2. The van der Waals surface area contributed by atoms with Crippen LogP contribution in [0.25, 0.3) is 0 Å². The first-order chi connectivity index (χ1) is 9.10. The third-order valence-corrected chi connectivity index (χ3v) is 4.09. The number of hydrogen-bond donors (Lipinski definition) is 2. The van der Waals surface area contributed by atoms with Gasteiger partial charge >= 0.3 is 0 Å². The lowest BCUT2D eigenvalue weighted by Gasteiger charge is -2.29. The highest BCUT2D eigenvalue weighted by molar-refractivity contribution is 5.58. The van der Waals surface area contributed by atoms with Gasteiger partial charge in [-0.1, -0.05) is 0 Å². The van der Waals surface area contributed by atoms with Crippen LogP contribution >= 0.6 is 0 Å². The van der Waals surface area contributed by atoms with Crippen molar-refractivity contribution >= 4 is 11.5 Å². The minimum Gasteiger partial charge on any atom is -0.377 e. The predicted molar refractivity (Wildman–Crippen MR) is 81.7 cm³/mol. The summed E-state index contributed by atoms with van der Waals surface area (Å²) in [5, 5.41) is 3.57. The van der Waals surface area contributed by atoms with Crippen LogP contribution in [0.1, 0.15) is 31.2 Å². The Labute approximate surface area is 116 Å². The highest BCUT2D eigenvalue weighted by atomic mass is 15.1. The molecule has 0 atom stereocenters. The highest BCUT2D eigenvalue weighted by Gasteiger charge is 2.20. The van der Waals surface area contributed by atoms with Crippen molar-refractivity contribution in [2.45, 2.75) is 38.6 Å². The van der Waals surface area contributed by atoms with Crippen LogP contribution in [0.5, 0.6) is 0 Å². The Kier molecular flexibility index (Phi) is 4.64. The maximum atomic E-state index is 5.73. The van der Waals surface area contributed by atoms with Gasteiger partial charge in [0.2, 0.25) is 0 Å². The lowest BCUT2D eigenvalue weighted by Crippen LogP contribution is -2.29. The Morgan fingerprint density at radius 3 is 2.58 bits per heavy atom. The van der Waals surface area contributed by atoms with E-state index in [2.05, 4.69) is 42.3 Å². The van der Waals surface area contributed by atoms with Crippen molar-refractivity contribution < 1.29 is 0 Å². The molecule has 0 bridgehead atoms. The Morgan fingerprint density at radius 1 is 1.32 bits per heavy atom. The summed E-state index contributed by atoms with van der Waals surface area (Å²) in [7, 11) is 4.14. The number of nitrogens with two attached hydrogens (primary N) is 1. The van der Waals surface area contributed by atoms with Crippen LogP contribution in [0.2, 0.25) is 0 Å². The molecular formula is C15H26N4. The molecule has 2 rings (SSSR count). The van der Waals surface area contributed by atoms with Gasteiger partial charge in [0, 0.05) is 38.1 Å². The van der Waals surface area contributed by atoms with E-state index in [1.807, 2.05) is 6.20 Å². The van der Waals surface area contributed by atoms with E-state index in [4.69, 9.17) is 5.73 Å². The monoisotopic (exact) mass is 262 g/mol. The summed E-state index contributed by atoms with van der Waals surface area (Å²) < 4.78 is 0. The molecule has 1 aromatic rings. The van der Waals surface area contributed by atoms with Gasteiger partial charge in [-0.3, -0.25) is 0 Å². The number of hydrogen-bond acceptors (Lipinski definition) is 4. The molecule has 0 unspecified atom stereocenters. The smallest absolute Gasteiger partial charge is 0.128 e. The first-order valence-electron chi connectivity index (χ1n) is 7.20. The van der Waals surface area contributed by atoms with E-state index in [1.165, 1.54) is 36.9 Å². The predicted octanol–water partition coefficient (Wildman–Crippen LogP) is 2.39. The second-order valence-corrected chi connectivity index (χ2v) is 5.85. The Hall–Kier alpha value is -1.29. The van der Waals surface area contributed by atoms with Crippen molar-refractivity contribution in [3.8, 4) is 0 Å². The summed E-state index contributed by atoms with van der Waals surface area (Å²) in [5.74, 6) is 1.71. The SMILES string of the molecule is Cc1cnc(NC2CCC(CN)CC2)cc1N(C)C. The van der Waals surface area contributed by atoms with Gasteiger partial charge in [0.25, 0.3) is 0 Å². The van der Waals surface area contributed by atoms with E-state index in [-0.39, 0.29) is 0 Å². The molecule has 0 aliphatic heterocycles. The zero-order valence-corrected chi connectivity index (χ0v) is 12.3. The third-order valence-electron chi connectivity index (χ3n) is 4.09. The number of rotatable bonds is 4. The van der Waals surface area contributed by atoms with Gasteiger partial charge in [-0.2, -0.15) is 0 Å². The molecule has 3 N–H and O–H groups in total. The molecule has 4 heteroatoms. The molecule has 0 saturated heterocycles. The van der Waals surface area contributed by atoms with Crippen LogP contribution in [0, 0.1) is 12.8 Å². The van der Waals surface area contributed by atoms with Crippen LogP contribution in [0.15, 0.2) is 12.3 Å². The van der Waals surface area contributed by atoms with E-state index in [1.54, 1.807) is 0 Å². The Morgan fingerprint density at radius 2 is 2.00 bits per heavy atom. The molecule has 0 amide bonds. The molecule has 106 valence electrons. The lowest BCUT2D eigenvalue weighted by atomic mass is 9.86. The molecule has 0 spiro atoms. The van der Waals surface area contributed by atoms with Crippen molar-refractivity contribution in [3.05, 3.63) is 17.8 Å². The van der Waals surface area contributed by atoms with Gasteiger partial charge in [-0.15, -0.1) is 0 Å². The first kappa shape index (κ1) is 14.1. The molecule has 1 aliphatic carbocycles. The Bertz CT molecular complexity index is 409. The molecule has 1 aromatic heterocycles. The number of nitrogens with one attached hydrogen (secondary N) is 1. The van der Waals surface area contributed by atoms with E-state index < -0.39 is 0 Å². The molecule has 0 aromatic carbocycles. The fourth-order valence-electron chi connectivity index (χ4n) is 2.83.